The molecule has 0 aliphatic rings. The van der Waals surface area contributed by atoms with Crippen LogP contribution in [0.15, 0.2) is 18.2 Å². The summed E-state index contributed by atoms with van der Waals surface area (Å²) in [6.07, 6.45) is -0.209. The third-order valence-electron chi connectivity index (χ3n) is 2.98. The van der Waals surface area contributed by atoms with Gasteiger partial charge < -0.3 is 11.1 Å². The van der Waals surface area contributed by atoms with E-state index in [1.807, 2.05) is 0 Å². The summed E-state index contributed by atoms with van der Waals surface area (Å²) in [6.45, 7) is 5.32. The number of benzene rings is 1. The SMILES string of the molecule is CC(N)C(C)(C)NC(=O)Cc1cccc(F)c1F. The predicted octanol–water partition coefficient (Wildman–Crippen LogP) is 1.75. The molecule has 1 amide bonds. The van der Waals surface area contributed by atoms with Crippen LogP contribution < -0.4 is 11.1 Å². The Balaban J connectivity index is 2.74. The second-order valence-electron chi connectivity index (χ2n) is 4.95. The number of carbonyl (C=O) groups is 1. The molecular formula is C13H18F2N2O. The molecule has 0 aliphatic carbocycles. The molecule has 0 radical (unpaired) electrons. The lowest BCUT2D eigenvalue weighted by molar-refractivity contribution is -0.122. The number of nitrogens with one attached hydrogen (secondary N) is 1. The number of nitrogens with two attached hydrogens (primary N) is 1. The van der Waals surface area contributed by atoms with Crippen LogP contribution in [0.25, 0.3) is 0 Å². The van der Waals surface area contributed by atoms with Crippen molar-refractivity contribution >= 4 is 5.91 Å². The fourth-order valence-corrected chi connectivity index (χ4v) is 1.38. The second-order valence-corrected chi connectivity index (χ2v) is 4.95. The average molecular weight is 256 g/mol. The zero-order chi connectivity index (χ0) is 13.9. The molecule has 0 bridgehead atoms. The van der Waals surface area contributed by atoms with Crippen molar-refractivity contribution in [3.63, 3.8) is 0 Å². The molecule has 100 valence electrons. The Labute approximate surface area is 105 Å². The zero-order valence-electron chi connectivity index (χ0n) is 10.8. The molecule has 1 atom stereocenters. The lowest BCUT2D eigenvalue weighted by Crippen LogP contribution is -2.54. The molecule has 0 fully saturated rings. The second kappa shape index (κ2) is 5.44. The smallest absolute Gasteiger partial charge is 0.224 e. The van der Waals surface area contributed by atoms with E-state index in [1.54, 1.807) is 20.8 Å². The lowest BCUT2D eigenvalue weighted by atomic mass is 9.96. The Morgan fingerprint density at radius 3 is 2.61 bits per heavy atom. The predicted molar refractivity (Wildman–Crippen MR) is 65.9 cm³/mol. The topological polar surface area (TPSA) is 55.1 Å². The van der Waals surface area contributed by atoms with E-state index < -0.39 is 17.2 Å². The van der Waals surface area contributed by atoms with Gasteiger partial charge in [-0.15, -0.1) is 0 Å². The molecule has 0 saturated carbocycles. The summed E-state index contributed by atoms with van der Waals surface area (Å²) >= 11 is 0. The van der Waals surface area contributed by atoms with Gasteiger partial charge in [0.25, 0.3) is 0 Å². The van der Waals surface area contributed by atoms with Gasteiger partial charge in [0.15, 0.2) is 11.6 Å². The van der Waals surface area contributed by atoms with E-state index in [0.29, 0.717) is 0 Å². The molecule has 5 heteroatoms. The van der Waals surface area contributed by atoms with Crippen LogP contribution in [0.1, 0.15) is 26.3 Å². The van der Waals surface area contributed by atoms with Crippen LogP contribution >= 0.6 is 0 Å². The van der Waals surface area contributed by atoms with Gasteiger partial charge in [0.05, 0.1) is 6.42 Å². The maximum absolute atomic E-state index is 13.4. The molecule has 1 aromatic carbocycles. The van der Waals surface area contributed by atoms with Crippen LogP contribution in [-0.2, 0) is 11.2 Å². The summed E-state index contributed by atoms with van der Waals surface area (Å²) in [5.74, 6) is -2.32. The molecule has 1 rings (SSSR count). The average Bonchev–Trinajstić information content (AvgIpc) is 2.23. The lowest BCUT2D eigenvalue weighted by Gasteiger charge is -2.30. The van der Waals surface area contributed by atoms with Gasteiger partial charge in [0, 0.05) is 17.1 Å². The highest BCUT2D eigenvalue weighted by molar-refractivity contribution is 5.79. The number of hydrogen-bond acceptors (Lipinski definition) is 2. The van der Waals surface area contributed by atoms with Crippen molar-refractivity contribution in [2.45, 2.75) is 38.8 Å². The van der Waals surface area contributed by atoms with Crippen LogP contribution in [0.4, 0.5) is 8.78 Å². The van der Waals surface area contributed by atoms with Crippen molar-refractivity contribution in [3.05, 3.63) is 35.4 Å². The summed E-state index contributed by atoms with van der Waals surface area (Å²) < 4.78 is 26.3. The van der Waals surface area contributed by atoms with E-state index in [1.165, 1.54) is 12.1 Å². The standard InChI is InChI=1S/C13H18F2N2O/c1-8(16)13(2,3)17-11(18)7-9-5-4-6-10(14)12(9)15/h4-6,8H,7,16H2,1-3H3,(H,17,18). The monoisotopic (exact) mass is 256 g/mol. The van der Waals surface area contributed by atoms with Gasteiger partial charge >= 0.3 is 0 Å². The summed E-state index contributed by atoms with van der Waals surface area (Å²) in [5, 5.41) is 2.70. The van der Waals surface area contributed by atoms with Crippen LogP contribution in [0, 0.1) is 11.6 Å². The van der Waals surface area contributed by atoms with Crippen LogP contribution in [0.3, 0.4) is 0 Å². The van der Waals surface area contributed by atoms with E-state index >= 15 is 0 Å². The minimum absolute atomic E-state index is 0.0352. The summed E-state index contributed by atoms with van der Waals surface area (Å²) in [6, 6.07) is 3.52. The molecule has 0 aromatic heterocycles. The molecular weight excluding hydrogens is 238 g/mol. The van der Waals surface area contributed by atoms with Crippen LogP contribution in [-0.4, -0.2) is 17.5 Å². The number of hydrogen-bond donors (Lipinski definition) is 2. The van der Waals surface area contributed by atoms with Crippen molar-refractivity contribution in [2.24, 2.45) is 5.73 Å². The highest BCUT2D eigenvalue weighted by atomic mass is 19.2. The van der Waals surface area contributed by atoms with Gasteiger partial charge in [-0.2, -0.15) is 0 Å². The highest BCUT2D eigenvalue weighted by Gasteiger charge is 2.25. The van der Waals surface area contributed by atoms with Gasteiger partial charge in [0.2, 0.25) is 5.91 Å². The number of rotatable bonds is 4. The quantitative estimate of drug-likeness (QED) is 0.862. The Hall–Kier alpha value is -1.49. The molecule has 1 unspecified atom stereocenters. The Kier molecular flexibility index (Phi) is 4.40. The summed E-state index contributed by atoms with van der Waals surface area (Å²) in [5.41, 5.74) is 5.16. The van der Waals surface area contributed by atoms with Crippen molar-refractivity contribution < 1.29 is 13.6 Å². The molecule has 18 heavy (non-hydrogen) atoms. The first-order valence-corrected chi connectivity index (χ1v) is 5.73. The zero-order valence-corrected chi connectivity index (χ0v) is 10.8. The molecule has 3 nitrogen and oxygen atoms in total. The van der Waals surface area contributed by atoms with Gasteiger partial charge in [-0.1, -0.05) is 12.1 Å². The molecule has 0 aliphatic heterocycles. The van der Waals surface area contributed by atoms with Gasteiger partial charge in [0.1, 0.15) is 0 Å². The van der Waals surface area contributed by atoms with E-state index in [4.69, 9.17) is 5.73 Å². The van der Waals surface area contributed by atoms with Crippen molar-refractivity contribution in [1.82, 2.24) is 5.32 Å². The van der Waals surface area contributed by atoms with E-state index in [-0.39, 0.29) is 23.9 Å². The molecule has 0 saturated heterocycles. The fraction of sp³-hybridized carbons (Fsp3) is 0.462. The molecule has 3 N–H and O–H groups in total. The van der Waals surface area contributed by atoms with E-state index in [2.05, 4.69) is 5.32 Å². The Bertz CT molecular complexity index is 445. The first-order chi connectivity index (χ1) is 8.24. The summed E-state index contributed by atoms with van der Waals surface area (Å²) in [7, 11) is 0. The van der Waals surface area contributed by atoms with Crippen LogP contribution in [0.5, 0.6) is 0 Å². The minimum atomic E-state index is -0.980. The highest BCUT2D eigenvalue weighted by Crippen LogP contribution is 2.13. The minimum Gasteiger partial charge on any atom is -0.349 e. The summed E-state index contributed by atoms with van der Waals surface area (Å²) in [4.78, 5) is 11.7. The first-order valence-electron chi connectivity index (χ1n) is 5.73. The van der Waals surface area contributed by atoms with E-state index in [0.717, 1.165) is 6.07 Å². The first kappa shape index (κ1) is 14.6. The van der Waals surface area contributed by atoms with Crippen molar-refractivity contribution in [2.75, 3.05) is 0 Å². The molecule has 0 heterocycles. The number of carbonyl (C=O) groups excluding carboxylic acids is 1. The normalized spacial score (nSPS) is 13.2. The Morgan fingerprint density at radius 1 is 1.44 bits per heavy atom. The number of halogens is 2. The third-order valence-corrected chi connectivity index (χ3v) is 2.98. The Morgan fingerprint density at radius 2 is 2.06 bits per heavy atom. The van der Waals surface area contributed by atoms with Crippen molar-refractivity contribution in [1.29, 1.82) is 0 Å². The fourth-order valence-electron chi connectivity index (χ4n) is 1.38. The van der Waals surface area contributed by atoms with Gasteiger partial charge in [-0.25, -0.2) is 8.78 Å². The van der Waals surface area contributed by atoms with Crippen molar-refractivity contribution in [3.8, 4) is 0 Å². The third kappa shape index (κ3) is 3.50. The van der Waals surface area contributed by atoms with Crippen LogP contribution in [0.2, 0.25) is 0 Å². The van der Waals surface area contributed by atoms with E-state index in [9.17, 15) is 13.6 Å². The number of amides is 1. The largest absolute Gasteiger partial charge is 0.349 e. The maximum atomic E-state index is 13.4. The van der Waals surface area contributed by atoms with Gasteiger partial charge in [-0.05, 0) is 26.8 Å². The van der Waals surface area contributed by atoms with Gasteiger partial charge in [-0.3, -0.25) is 4.79 Å². The molecule has 1 aromatic rings. The molecule has 0 spiro atoms. The maximum Gasteiger partial charge on any atom is 0.224 e.